The average molecular weight is 537 g/mol. The number of halogens is 1. The Morgan fingerprint density at radius 3 is 2.08 bits per heavy atom. The minimum atomic E-state index is -4.11. The lowest BCUT2D eigenvalue weighted by Crippen LogP contribution is -2.54. The molecule has 0 aromatic heterocycles. The van der Waals surface area contributed by atoms with Crippen LogP contribution in [0.3, 0.4) is 0 Å². The van der Waals surface area contributed by atoms with E-state index in [0.29, 0.717) is 18.6 Å². The summed E-state index contributed by atoms with van der Waals surface area (Å²) in [7, 11) is 0.131. The number of benzene rings is 2. The van der Waals surface area contributed by atoms with E-state index in [0.717, 1.165) is 26.3 Å². The van der Waals surface area contributed by atoms with Crippen LogP contribution < -0.4 is 14.4 Å². The maximum atomic E-state index is 13.8. The van der Waals surface area contributed by atoms with Crippen LogP contribution in [0.15, 0.2) is 48.5 Å². The first-order valence-electron chi connectivity index (χ1n) is 12.1. The molecule has 0 aliphatic carbocycles. The van der Waals surface area contributed by atoms with Crippen molar-refractivity contribution in [3.05, 3.63) is 59.9 Å². The Balaban J connectivity index is 2.49. The Kier molecular flexibility index (Phi) is 10.9. The van der Waals surface area contributed by atoms with Gasteiger partial charge in [0.15, 0.2) is 0 Å². The van der Waals surface area contributed by atoms with E-state index in [1.807, 2.05) is 13.8 Å². The Morgan fingerprint density at radius 2 is 1.59 bits per heavy atom. The molecule has 11 heteroatoms. The monoisotopic (exact) mass is 536 g/mol. The van der Waals surface area contributed by atoms with Crippen molar-refractivity contribution in [3.8, 4) is 5.75 Å². The lowest BCUT2D eigenvalue weighted by molar-refractivity contribution is -0.140. The van der Waals surface area contributed by atoms with Crippen molar-refractivity contribution in [2.45, 2.75) is 52.2 Å². The van der Waals surface area contributed by atoms with E-state index in [4.69, 9.17) is 4.74 Å². The number of anilines is 1. The summed E-state index contributed by atoms with van der Waals surface area (Å²) >= 11 is 0. The number of rotatable bonds is 13. The first-order valence-corrected chi connectivity index (χ1v) is 13.5. The van der Waals surface area contributed by atoms with E-state index >= 15 is 0 Å². The lowest BCUT2D eigenvalue weighted by Gasteiger charge is -2.34. The smallest absolute Gasteiger partial charge is 0.304 e. The van der Waals surface area contributed by atoms with Gasteiger partial charge in [-0.05, 0) is 61.7 Å². The molecule has 2 rings (SSSR count). The molecule has 9 nitrogen and oxygen atoms in total. The molecule has 0 unspecified atom stereocenters. The molecule has 2 amide bonds. The van der Waals surface area contributed by atoms with E-state index in [9.17, 15) is 22.4 Å². The van der Waals surface area contributed by atoms with Gasteiger partial charge < -0.3 is 15.0 Å². The summed E-state index contributed by atoms with van der Waals surface area (Å²) in [6, 6.07) is 11.0. The summed E-state index contributed by atoms with van der Waals surface area (Å²) < 4.78 is 47.0. The van der Waals surface area contributed by atoms with Gasteiger partial charge in [0.25, 0.3) is 0 Å². The summed E-state index contributed by atoms with van der Waals surface area (Å²) in [6.07, 6.45) is 1.04. The van der Waals surface area contributed by atoms with Gasteiger partial charge in [0, 0.05) is 26.7 Å². The van der Waals surface area contributed by atoms with Gasteiger partial charge in [0.2, 0.25) is 11.8 Å². The number of methoxy groups -OCH3 is 1. The highest BCUT2D eigenvalue weighted by atomic mass is 32.2. The zero-order chi connectivity index (χ0) is 27.8. The average Bonchev–Trinajstić information content (AvgIpc) is 2.87. The number of hydrogen-bond acceptors (Lipinski definition) is 5. The van der Waals surface area contributed by atoms with Gasteiger partial charge in [0.1, 0.15) is 24.2 Å². The predicted octanol–water partition coefficient (Wildman–Crippen LogP) is 3.17. The third-order valence-electron chi connectivity index (χ3n) is 6.03. The van der Waals surface area contributed by atoms with E-state index in [1.165, 1.54) is 31.1 Å². The number of nitrogens with one attached hydrogen (secondary N) is 1. The minimum absolute atomic E-state index is 0.0779. The first kappa shape index (κ1) is 30.0. The molecule has 0 aliphatic rings. The Labute approximate surface area is 219 Å². The molecule has 2 aromatic rings. The number of carbonyl (C=O) groups is 2. The van der Waals surface area contributed by atoms with Crippen LogP contribution in [0.1, 0.15) is 39.2 Å². The van der Waals surface area contributed by atoms with Crippen molar-refractivity contribution in [2.24, 2.45) is 0 Å². The predicted molar refractivity (Wildman–Crippen MR) is 142 cm³/mol. The van der Waals surface area contributed by atoms with Gasteiger partial charge in [-0.2, -0.15) is 12.7 Å². The fourth-order valence-corrected chi connectivity index (χ4v) is 4.67. The van der Waals surface area contributed by atoms with Gasteiger partial charge in [-0.3, -0.25) is 9.59 Å². The molecular formula is C26H37FN4O5S. The maximum Gasteiger partial charge on any atom is 0.304 e. The second-order valence-corrected chi connectivity index (χ2v) is 11.0. The summed E-state index contributed by atoms with van der Waals surface area (Å²) in [6.45, 7) is 5.12. The quantitative estimate of drug-likeness (QED) is 0.424. The number of hydrogen-bond donors (Lipinski definition) is 1. The van der Waals surface area contributed by atoms with Crippen LogP contribution in [-0.4, -0.2) is 69.3 Å². The first-order chi connectivity index (χ1) is 17.4. The highest BCUT2D eigenvalue weighted by molar-refractivity contribution is 7.90. The summed E-state index contributed by atoms with van der Waals surface area (Å²) in [5, 5.41) is 2.93. The van der Waals surface area contributed by atoms with E-state index in [1.54, 1.807) is 38.3 Å². The number of nitrogens with zero attached hydrogens (tertiary/aromatic N) is 3. The van der Waals surface area contributed by atoms with E-state index < -0.39 is 34.5 Å². The van der Waals surface area contributed by atoms with Gasteiger partial charge in [-0.1, -0.05) is 26.0 Å². The van der Waals surface area contributed by atoms with Crippen molar-refractivity contribution in [1.82, 2.24) is 14.5 Å². The molecule has 0 aliphatic heterocycles. The molecule has 37 heavy (non-hydrogen) atoms. The Hall–Kier alpha value is -3.18. The number of carbonyl (C=O) groups excluding carboxylic acids is 2. The lowest BCUT2D eigenvalue weighted by atomic mass is 10.1. The van der Waals surface area contributed by atoms with Gasteiger partial charge in [-0.15, -0.1) is 0 Å². The highest BCUT2D eigenvalue weighted by Gasteiger charge is 2.34. The standard InChI is InChI=1S/C26H37FN4O5S/c1-7-19(3)28-26(33)24(8-2)30(17-20-9-15-23(36-6)16-10-20)25(32)18-31(37(34,35)29(4)5)22-13-11-21(27)12-14-22/h9-16,19,24H,7-8,17-18H2,1-6H3,(H,28,33)/t19-,24-/m0/s1. The molecule has 0 fully saturated rings. The fraction of sp³-hybridized carbons (Fsp3) is 0.462. The highest BCUT2D eigenvalue weighted by Crippen LogP contribution is 2.22. The van der Waals surface area contributed by atoms with Crippen molar-refractivity contribution >= 4 is 27.7 Å². The second kappa shape index (κ2) is 13.4. The minimum Gasteiger partial charge on any atom is -0.497 e. The van der Waals surface area contributed by atoms with Crippen LogP contribution in [0.4, 0.5) is 10.1 Å². The van der Waals surface area contributed by atoms with Crippen LogP contribution in [0.25, 0.3) is 0 Å². The van der Waals surface area contributed by atoms with E-state index in [-0.39, 0.29) is 24.2 Å². The summed E-state index contributed by atoms with van der Waals surface area (Å²) in [5.41, 5.74) is 0.873. The zero-order valence-electron chi connectivity index (χ0n) is 22.3. The molecule has 0 bridgehead atoms. The van der Waals surface area contributed by atoms with Gasteiger partial charge in [0.05, 0.1) is 12.8 Å². The van der Waals surface area contributed by atoms with Crippen molar-refractivity contribution < 1.29 is 27.1 Å². The van der Waals surface area contributed by atoms with Crippen LogP contribution in [0.5, 0.6) is 5.75 Å². The third-order valence-corrected chi connectivity index (χ3v) is 7.85. The Bertz CT molecular complexity index is 1140. The molecule has 0 saturated heterocycles. The van der Waals surface area contributed by atoms with Gasteiger partial charge >= 0.3 is 10.2 Å². The number of amides is 2. The van der Waals surface area contributed by atoms with Crippen molar-refractivity contribution in [3.63, 3.8) is 0 Å². The van der Waals surface area contributed by atoms with Gasteiger partial charge in [-0.25, -0.2) is 8.70 Å². The van der Waals surface area contributed by atoms with Crippen molar-refractivity contribution in [2.75, 3.05) is 32.1 Å². The zero-order valence-corrected chi connectivity index (χ0v) is 23.1. The SMILES string of the molecule is CC[C@H](C)NC(=O)[C@H](CC)N(Cc1ccc(OC)cc1)C(=O)CN(c1ccc(F)cc1)S(=O)(=O)N(C)C. The molecule has 2 aromatic carbocycles. The van der Waals surface area contributed by atoms with E-state index in [2.05, 4.69) is 5.32 Å². The molecule has 0 spiro atoms. The van der Waals surface area contributed by atoms with Crippen molar-refractivity contribution in [1.29, 1.82) is 0 Å². The molecule has 0 heterocycles. The Morgan fingerprint density at radius 1 is 1.00 bits per heavy atom. The summed E-state index contributed by atoms with van der Waals surface area (Å²) in [4.78, 5) is 28.3. The molecule has 1 N–H and O–H groups in total. The third kappa shape index (κ3) is 7.90. The van der Waals surface area contributed by atoms with Crippen LogP contribution >= 0.6 is 0 Å². The molecule has 204 valence electrons. The largest absolute Gasteiger partial charge is 0.497 e. The second-order valence-electron chi connectivity index (χ2n) is 8.88. The van der Waals surface area contributed by atoms with Crippen LogP contribution in [-0.2, 0) is 26.3 Å². The number of ether oxygens (including phenoxy) is 1. The maximum absolute atomic E-state index is 13.8. The van der Waals surface area contributed by atoms with Crippen LogP contribution in [0, 0.1) is 5.82 Å². The molecular weight excluding hydrogens is 499 g/mol. The molecule has 0 saturated carbocycles. The fourth-order valence-electron chi connectivity index (χ4n) is 3.61. The molecule has 0 radical (unpaired) electrons. The topological polar surface area (TPSA) is 99.3 Å². The normalized spacial score (nSPS) is 13.1. The summed E-state index contributed by atoms with van der Waals surface area (Å²) in [5.74, 6) is -0.784. The van der Waals surface area contributed by atoms with Crippen LogP contribution in [0.2, 0.25) is 0 Å². The molecule has 2 atom stereocenters.